The van der Waals surface area contributed by atoms with Gasteiger partial charge in [-0.15, -0.1) is 11.6 Å². The van der Waals surface area contributed by atoms with Gasteiger partial charge < -0.3 is 9.84 Å². The Morgan fingerprint density at radius 2 is 2.09 bits per heavy atom. The Morgan fingerprint density at radius 3 is 2.27 bits per heavy atom. The van der Waals surface area contributed by atoms with E-state index in [-0.39, 0.29) is 13.0 Å². The average molecular weight is 191 g/mol. The van der Waals surface area contributed by atoms with Crippen molar-refractivity contribution in [3.05, 3.63) is 0 Å². The predicted molar refractivity (Wildman–Crippen MR) is 31.2 cm³/mol. The van der Waals surface area contributed by atoms with Crippen molar-refractivity contribution in [2.45, 2.75) is 23.8 Å². The third kappa shape index (κ3) is 1.32. The van der Waals surface area contributed by atoms with Crippen molar-refractivity contribution in [1.82, 2.24) is 0 Å². The standard InChI is InChI=1S/C5H6ClF3O2/c6-3-1-2-11-4(3,10)5(7,8)9/h3,10H,1-2H2. The average Bonchev–Trinajstić information content (AvgIpc) is 2.12. The minimum Gasteiger partial charge on any atom is -0.357 e. The zero-order valence-corrected chi connectivity index (χ0v) is 6.11. The van der Waals surface area contributed by atoms with E-state index in [0.717, 1.165) is 0 Å². The summed E-state index contributed by atoms with van der Waals surface area (Å²) in [6.07, 6.45) is -4.80. The molecule has 0 spiro atoms. The zero-order chi connectivity index (χ0) is 8.70. The number of alkyl halides is 4. The lowest BCUT2D eigenvalue weighted by atomic mass is 10.2. The maximum absolute atomic E-state index is 11.9. The highest BCUT2D eigenvalue weighted by Gasteiger charge is 2.62. The van der Waals surface area contributed by atoms with Crippen molar-refractivity contribution < 1.29 is 23.0 Å². The van der Waals surface area contributed by atoms with E-state index in [2.05, 4.69) is 4.74 Å². The van der Waals surface area contributed by atoms with Gasteiger partial charge in [0.15, 0.2) is 0 Å². The molecule has 0 aromatic heterocycles. The Bertz CT molecular complexity index is 160. The van der Waals surface area contributed by atoms with Crippen LogP contribution in [0.5, 0.6) is 0 Å². The van der Waals surface area contributed by atoms with Crippen LogP contribution in [-0.4, -0.2) is 29.1 Å². The Balaban J connectivity index is 2.81. The SMILES string of the molecule is OC1(C(F)(F)F)OCCC1Cl. The maximum atomic E-state index is 11.9. The number of aliphatic hydroxyl groups is 1. The monoisotopic (exact) mass is 190 g/mol. The lowest BCUT2D eigenvalue weighted by molar-refractivity contribution is -0.347. The summed E-state index contributed by atoms with van der Waals surface area (Å²) in [5, 5.41) is 7.42. The van der Waals surface area contributed by atoms with E-state index < -0.39 is 17.3 Å². The highest BCUT2D eigenvalue weighted by atomic mass is 35.5. The second-order valence-corrected chi connectivity index (χ2v) is 2.83. The normalized spacial score (nSPS) is 39.5. The summed E-state index contributed by atoms with van der Waals surface area (Å²) in [5.41, 5.74) is 0. The van der Waals surface area contributed by atoms with E-state index in [0.29, 0.717) is 0 Å². The first-order chi connectivity index (χ1) is 4.88. The van der Waals surface area contributed by atoms with Gasteiger partial charge in [0.1, 0.15) is 0 Å². The fourth-order valence-electron chi connectivity index (χ4n) is 0.863. The van der Waals surface area contributed by atoms with Crippen LogP contribution in [0.15, 0.2) is 0 Å². The zero-order valence-electron chi connectivity index (χ0n) is 5.36. The van der Waals surface area contributed by atoms with E-state index >= 15 is 0 Å². The fourth-order valence-corrected chi connectivity index (χ4v) is 1.14. The van der Waals surface area contributed by atoms with Gasteiger partial charge in [0.25, 0.3) is 5.79 Å². The van der Waals surface area contributed by atoms with Gasteiger partial charge in [-0.05, 0) is 6.42 Å². The van der Waals surface area contributed by atoms with Crippen LogP contribution in [0.2, 0.25) is 0 Å². The number of hydrogen-bond donors (Lipinski definition) is 1. The summed E-state index contributed by atoms with van der Waals surface area (Å²) in [6.45, 7) is -0.163. The quantitative estimate of drug-likeness (QED) is 0.583. The molecule has 66 valence electrons. The lowest BCUT2D eigenvalue weighted by Gasteiger charge is -2.26. The Morgan fingerprint density at radius 1 is 1.55 bits per heavy atom. The van der Waals surface area contributed by atoms with Crippen LogP contribution in [0.3, 0.4) is 0 Å². The van der Waals surface area contributed by atoms with Gasteiger partial charge in [-0.2, -0.15) is 13.2 Å². The number of hydrogen-bond acceptors (Lipinski definition) is 2. The van der Waals surface area contributed by atoms with Gasteiger partial charge in [0, 0.05) is 0 Å². The molecule has 0 aromatic rings. The molecule has 2 atom stereocenters. The molecule has 1 fully saturated rings. The molecule has 1 aliphatic rings. The maximum Gasteiger partial charge on any atom is 0.444 e. The summed E-state index contributed by atoms with van der Waals surface area (Å²) in [7, 11) is 0. The summed E-state index contributed by atoms with van der Waals surface area (Å²) in [5.74, 6) is -3.14. The highest BCUT2D eigenvalue weighted by Crippen LogP contribution is 2.41. The van der Waals surface area contributed by atoms with Crippen LogP contribution in [0.1, 0.15) is 6.42 Å². The molecule has 0 radical (unpaired) electrons. The minimum atomic E-state index is -4.81. The van der Waals surface area contributed by atoms with E-state index in [9.17, 15) is 13.2 Å². The Kier molecular flexibility index (Phi) is 2.07. The molecule has 1 heterocycles. The molecule has 0 amide bonds. The van der Waals surface area contributed by atoms with Crippen LogP contribution in [0.25, 0.3) is 0 Å². The molecule has 11 heavy (non-hydrogen) atoms. The summed E-state index contributed by atoms with van der Waals surface area (Å²) in [6, 6.07) is 0. The van der Waals surface area contributed by atoms with Gasteiger partial charge in [0.05, 0.1) is 12.0 Å². The van der Waals surface area contributed by atoms with Crippen molar-refractivity contribution in [3.63, 3.8) is 0 Å². The van der Waals surface area contributed by atoms with Gasteiger partial charge in [0.2, 0.25) is 0 Å². The largest absolute Gasteiger partial charge is 0.444 e. The number of halogens is 4. The predicted octanol–water partition coefficient (Wildman–Crippen LogP) is 1.26. The smallest absolute Gasteiger partial charge is 0.357 e. The molecule has 2 unspecified atom stereocenters. The molecule has 1 N–H and O–H groups in total. The van der Waals surface area contributed by atoms with E-state index in [1.54, 1.807) is 0 Å². The second kappa shape index (κ2) is 2.50. The van der Waals surface area contributed by atoms with Gasteiger partial charge in [-0.25, -0.2) is 0 Å². The molecule has 0 aliphatic carbocycles. The summed E-state index contributed by atoms with van der Waals surface area (Å²) in [4.78, 5) is 0. The lowest BCUT2D eigenvalue weighted by Crippen LogP contribution is -2.50. The topological polar surface area (TPSA) is 29.5 Å². The second-order valence-electron chi connectivity index (χ2n) is 2.30. The molecule has 2 nitrogen and oxygen atoms in total. The van der Waals surface area contributed by atoms with Crippen LogP contribution < -0.4 is 0 Å². The van der Waals surface area contributed by atoms with E-state index in [4.69, 9.17) is 16.7 Å². The van der Waals surface area contributed by atoms with Gasteiger partial charge in [-0.1, -0.05) is 0 Å². The van der Waals surface area contributed by atoms with Crippen molar-refractivity contribution in [2.24, 2.45) is 0 Å². The Labute approximate surface area is 65.9 Å². The first-order valence-electron chi connectivity index (χ1n) is 2.95. The Hall–Kier alpha value is 0. The minimum absolute atomic E-state index is 0.0115. The summed E-state index contributed by atoms with van der Waals surface area (Å²) >= 11 is 5.21. The molecule has 0 aromatic carbocycles. The van der Waals surface area contributed by atoms with Crippen LogP contribution in [0, 0.1) is 0 Å². The molecule has 1 aliphatic heterocycles. The molecule has 1 rings (SSSR count). The van der Waals surface area contributed by atoms with Crippen molar-refractivity contribution in [2.75, 3.05) is 6.61 Å². The molecule has 6 heteroatoms. The van der Waals surface area contributed by atoms with E-state index in [1.165, 1.54) is 0 Å². The van der Waals surface area contributed by atoms with Crippen molar-refractivity contribution >= 4 is 11.6 Å². The first kappa shape index (κ1) is 9.09. The van der Waals surface area contributed by atoms with Crippen LogP contribution in [0.4, 0.5) is 13.2 Å². The van der Waals surface area contributed by atoms with E-state index in [1.807, 2.05) is 0 Å². The molecular formula is C5H6ClF3O2. The van der Waals surface area contributed by atoms with Crippen LogP contribution >= 0.6 is 11.6 Å². The van der Waals surface area contributed by atoms with Crippen molar-refractivity contribution in [1.29, 1.82) is 0 Å². The highest BCUT2D eigenvalue weighted by molar-refractivity contribution is 6.21. The molecular weight excluding hydrogens is 184 g/mol. The first-order valence-corrected chi connectivity index (χ1v) is 3.38. The number of rotatable bonds is 0. The number of ether oxygens (including phenoxy) is 1. The van der Waals surface area contributed by atoms with Crippen molar-refractivity contribution in [3.8, 4) is 0 Å². The van der Waals surface area contributed by atoms with Gasteiger partial charge >= 0.3 is 6.18 Å². The van der Waals surface area contributed by atoms with Crippen LogP contribution in [-0.2, 0) is 4.74 Å². The summed E-state index contributed by atoms with van der Waals surface area (Å²) < 4.78 is 39.9. The third-order valence-electron chi connectivity index (χ3n) is 1.52. The molecule has 0 saturated carbocycles. The fraction of sp³-hybridized carbons (Fsp3) is 1.00. The molecule has 0 bridgehead atoms. The van der Waals surface area contributed by atoms with Gasteiger partial charge in [-0.3, -0.25) is 0 Å². The third-order valence-corrected chi connectivity index (χ3v) is 2.04. The molecule has 1 saturated heterocycles.